The molecule has 0 spiro atoms. The summed E-state index contributed by atoms with van der Waals surface area (Å²) in [4.78, 5) is 9.32. The van der Waals surface area contributed by atoms with Gasteiger partial charge in [-0.15, -0.1) is 0 Å². The summed E-state index contributed by atoms with van der Waals surface area (Å²) in [6, 6.07) is 22.2. The molecule has 3 nitrogen and oxygen atoms in total. The van der Waals surface area contributed by atoms with Crippen molar-refractivity contribution >= 4 is 32.4 Å². The van der Waals surface area contributed by atoms with Crippen molar-refractivity contribution in [3.63, 3.8) is 0 Å². The van der Waals surface area contributed by atoms with Gasteiger partial charge in [-0.1, -0.05) is 77.1 Å². The smallest absolute Gasteiger partial charge is 0.287 e. The Morgan fingerprint density at radius 2 is 1.48 bits per heavy atom. The van der Waals surface area contributed by atoms with Crippen LogP contribution in [-0.2, 0) is 18.0 Å². The Balaban J connectivity index is 1.63. The molecule has 4 aromatic carbocycles. The van der Waals surface area contributed by atoms with Gasteiger partial charge in [-0.05, 0) is 81.1 Å². The second-order valence-electron chi connectivity index (χ2n) is 13.8. The lowest BCUT2D eigenvalue weighted by Gasteiger charge is -2.36. The van der Waals surface area contributed by atoms with Crippen molar-refractivity contribution in [2.45, 2.75) is 78.2 Å². The zero-order valence-corrected chi connectivity index (χ0v) is 25.0. The molecule has 0 atom stereocenters. The molecule has 0 saturated heterocycles. The van der Waals surface area contributed by atoms with Crippen molar-refractivity contribution in [2.75, 3.05) is 0 Å². The Hall–Kier alpha value is -3.77. The molecule has 1 fully saturated rings. The van der Waals surface area contributed by atoms with Gasteiger partial charge in [-0.25, -0.2) is 11.1 Å². The van der Waals surface area contributed by atoms with Crippen LogP contribution in [-0.4, -0.2) is 4.98 Å². The van der Waals surface area contributed by atoms with Gasteiger partial charge in [0.15, 0.2) is 5.52 Å². The minimum Gasteiger partial charge on any atom is -0.305 e. The molecule has 0 aliphatic heterocycles. The molecule has 3 heteroatoms. The maximum atomic E-state index is 8.29. The quantitative estimate of drug-likeness (QED) is 0.127. The first-order valence-electron chi connectivity index (χ1n) is 14.6. The van der Waals surface area contributed by atoms with Crippen LogP contribution in [0.4, 0.5) is 0 Å². The number of hydrogen-bond donors (Lipinski definition) is 0. The normalized spacial score (nSPS) is 16.9. The highest BCUT2D eigenvalue weighted by Gasteiger charge is 2.46. The van der Waals surface area contributed by atoms with Crippen LogP contribution < -0.4 is 4.57 Å². The fraction of sp³-hybridized carbons (Fsp3) is 0.378. The molecule has 1 aromatic heterocycles. The van der Waals surface area contributed by atoms with E-state index in [1.807, 2.05) is 6.33 Å². The summed E-state index contributed by atoms with van der Waals surface area (Å²) >= 11 is 0. The molecule has 1 saturated carbocycles. The molecule has 1 heterocycles. The standard InChI is InChI=1S/C37H40N3/c1-24-25-12-9-10-13-26(25)32(35(2,3)4)22-30(24)34-29-17-16-27-28(33(29)39-23-40(34)8)14-11-15-31(27)37(38-7)20-18-36(5,6)19-21-37/h9-17,22-23H,18-21H2,1-6,8H3/q+1. The van der Waals surface area contributed by atoms with Gasteiger partial charge >= 0.3 is 0 Å². The fourth-order valence-electron chi connectivity index (χ4n) is 6.97. The highest BCUT2D eigenvalue weighted by Crippen LogP contribution is 2.50. The lowest BCUT2D eigenvalue weighted by Crippen LogP contribution is -2.32. The summed E-state index contributed by atoms with van der Waals surface area (Å²) < 4.78 is 2.17. The van der Waals surface area contributed by atoms with Gasteiger partial charge in [0.05, 0.1) is 12.4 Å². The number of aromatic nitrogens is 2. The van der Waals surface area contributed by atoms with Crippen LogP contribution in [0, 0.1) is 18.9 Å². The summed E-state index contributed by atoms with van der Waals surface area (Å²) in [7, 11) is 2.10. The Morgan fingerprint density at radius 1 is 0.825 bits per heavy atom. The maximum Gasteiger partial charge on any atom is 0.287 e. The molecule has 6 rings (SSSR count). The van der Waals surface area contributed by atoms with Crippen LogP contribution in [0.5, 0.6) is 0 Å². The lowest BCUT2D eigenvalue weighted by molar-refractivity contribution is -0.662. The molecule has 0 N–H and O–H groups in total. The van der Waals surface area contributed by atoms with E-state index in [4.69, 9.17) is 11.6 Å². The first-order chi connectivity index (χ1) is 19.0. The number of hydrogen-bond acceptors (Lipinski definition) is 1. The molecule has 0 amide bonds. The second kappa shape index (κ2) is 9.13. The van der Waals surface area contributed by atoms with Crippen LogP contribution in [0.3, 0.4) is 0 Å². The van der Waals surface area contributed by atoms with E-state index in [9.17, 15) is 0 Å². The molecule has 1 aliphatic carbocycles. The van der Waals surface area contributed by atoms with Crippen LogP contribution in [0.15, 0.2) is 67.0 Å². The van der Waals surface area contributed by atoms with E-state index in [0.717, 1.165) is 42.0 Å². The number of benzene rings is 4. The molecule has 5 aromatic rings. The molecule has 0 unspecified atom stereocenters. The summed E-state index contributed by atoms with van der Waals surface area (Å²) in [6.07, 6.45) is 5.94. The van der Waals surface area contributed by atoms with Crippen molar-refractivity contribution < 1.29 is 4.57 Å². The van der Waals surface area contributed by atoms with E-state index >= 15 is 0 Å². The molecule has 0 radical (unpaired) electrons. The monoisotopic (exact) mass is 526 g/mol. The highest BCUT2D eigenvalue weighted by molar-refractivity contribution is 6.10. The first kappa shape index (κ1) is 26.5. The lowest BCUT2D eigenvalue weighted by atomic mass is 9.66. The summed E-state index contributed by atoms with van der Waals surface area (Å²) in [6.45, 7) is 22.1. The van der Waals surface area contributed by atoms with E-state index < -0.39 is 5.54 Å². The Labute approximate surface area is 238 Å². The highest BCUT2D eigenvalue weighted by atomic mass is 15.0. The van der Waals surface area contributed by atoms with Gasteiger partial charge in [0.1, 0.15) is 5.69 Å². The van der Waals surface area contributed by atoms with Gasteiger partial charge in [0, 0.05) is 29.4 Å². The SMILES string of the molecule is [C-]#[N+]C1(c2cccc3c2ccc2c(-c4cc(C(C)(C)C)c5ccccc5c4C)[n+](C)cnc23)CCC(C)(C)CC1. The third-order valence-corrected chi connectivity index (χ3v) is 9.52. The fourth-order valence-corrected chi connectivity index (χ4v) is 6.97. The first-order valence-corrected chi connectivity index (χ1v) is 14.6. The minimum atomic E-state index is -0.457. The third-order valence-electron chi connectivity index (χ3n) is 9.52. The van der Waals surface area contributed by atoms with E-state index in [-0.39, 0.29) is 5.41 Å². The Morgan fingerprint density at radius 3 is 2.15 bits per heavy atom. The topological polar surface area (TPSA) is 21.1 Å². The predicted octanol–water partition coefficient (Wildman–Crippen LogP) is 9.35. The molecule has 1 aliphatic rings. The predicted molar refractivity (Wildman–Crippen MR) is 167 cm³/mol. The number of fused-ring (bicyclic) bond motifs is 4. The maximum absolute atomic E-state index is 8.29. The zero-order chi connectivity index (χ0) is 28.4. The van der Waals surface area contributed by atoms with Crippen molar-refractivity contribution in [3.8, 4) is 11.3 Å². The number of nitrogens with zero attached hydrogens (tertiary/aromatic N) is 3. The molecule has 40 heavy (non-hydrogen) atoms. The van der Waals surface area contributed by atoms with Crippen molar-refractivity contribution in [1.29, 1.82) is 0 Å². The minimum absolute atomic E-state index is 0.00764. The van der Waals surface area contributed by atoms with Gasteiger partial charge < -0.3 is 4.85 Å². The zero-order valence-electron chi connectivity index (χ0n) is 25.0. The number of rotatable bonds is 2. The largest absolute Gasteiger partial charge is 0.305 e. The van der Waals surface area contributed by atoms with Gasteiger partial charge in [0.2, 0.25) is 0 Å². The average molecular weight is 527 g/mol. The van der Waals surface area contributed by atoms with Crippen LogP contribution >= 0.6 is 0 Å². The summed E-state index contributed by atoms with van der Waals surface area (Å²) in [5.74, 6) is 0. The van der Waals surface area contributed by atoms with Gasteiger partial charge in [-0.2, -0.15) is 0 Å². The Kier molecular flexibility index (Phi) is 6.04. The molecular weight excluding hydrogens is 486 g/mol. The Bertz CT molecular complexity index is 1840. The summed E-state index contributed by atoms with van der Waals surface area (Å²) in [5, 5.41) is 6.09. The van der Waals surface area contributed by atoms with Gasteiger partial charge in [-0.3, -0.25) is 0 Å². The van der Waals surface area contributed by atoms with Gasteiger partial charge in [0.25, 0.3) is 11.9 Å². The van der Waals surface area contributed by atoms with E-state index in [1.54, 1.807) is 0 Å². The van der Waals surface area contributed by atoms with E-state index in [2.05, 4.69) is 119 Å². The van der Waals surface area contributed by atoms with Crippen LogP contribution in [0.2, 0.25) is 0 Å². The van der Waals surface area contributed by atoms with Crippen molar-refractivity contribution in [2.24, 2.45) is 12.5 Å². The molecule has 202 valence electrons. The number of aryl methyl sites for hydroxylation is 2. The third kappa shape index (κ3) is 4.08. The van der Waals surface area contributed by atoms with Crippen molar-refractivity contribution in [1.82, 2.24) is 4.98 Å². The van der Waals surface area contributed by atoms with Crippen molar-refractivity contribution in [3.05, 3.63) is 95.1 Å². The summed E-state index contributed by atoms with van der Waals surface area (Å²) in [5.41, 5.74) is 7.12. The van der Waals surface area contributed by atoms with E-state index in [0.29, 0.717) is 5.41 Å². The molecular formula is C37H40N3+. The average Bonchev–Trinajstić information content (AvgIpc) is 2.93. The molecule has 0 bridgehead atoms. The van der Waals surface area contributed by atoms with Crippen LogP contribution in [0.1, 0.15) is 77.0 Å². The second-order valence-corrected chi connectivity index (χ2v) is 13.8. The van der Waals surface area contributed by atoms with Crippen LogP contribution in [0.25, 0.3) is 48.6 Å². The van der Waals surface area contributed by atoms with E-state index in [1.165, 1.54) is 44.1 Å².